The van der Waals surface area contributed by atoms with Crippen molar-refractivity contribution in [2.75, 3.05) is 12.4 Å². The van der Waals surface area contributed by atoms with E-state index in [1.165, 1.54) is 20.0 Å². The molecule has 0 heterocycles. The summed E-state index contributed by atoms with van der Waals surface area (Å²) >= 11 is 0. The fraction of sp³-hybridized carbons (Fsp3) is 0.222. The second-order valence-electron chi connectivity index (χ2n) is 9.08. The second-order valence-corrected chi connectivity index (χ2v) is 9.08. The van der Waals surface area contributed by atoms with Crippen molar-refractivity contribution < 1.29 is 53.1 Å². The number of phenolic OH excluding ortho intramolecular Hbond substituents is 2. The van der Waals surface area contributed by atoms with E-state index < -0.39 is 69.4 Å². The summed E-state index contributed by atoms with van der Waals surface area (Å²) in [4.78, 5) is 35.7. The van der Waals surface area contributed by atoms with Crippen molar-refractivity contribution in [3.8, 4) is 11.5 Å². The molecule has 0 aliphatic carbocycles. The van der Waals surface area contributed by atoms with Crippen LogP contribution in [0.25, 0.3) is 0 Å². The minimum Gasteiger partial charge on any atom is -0.508 e. The molecule has 3 aromatic carbocycles. The molecule has 0 saturated carbocycles. The van der Waals surface area contributed by atoms with Gasteiger partial charge in [0.15, 0.2) is 6.23 Å². The largest absolute Gasteiger partial charge is 0.508 e. The first-order valence-corrected chi connectivity index (χ1v) is 11.5. The molecule has 0 aromatic heterocycles. The molecule has 10 nitrogen and oxygen atoms in total. The number of aryl methyl sites for hydroxylation is 1. The van der Waals surface area contributed by atoms with Crippen LogP contribution in [0.15, 0.2) is 48.5 Å². The van der Waals surface area contributed by atoms with E-state index >= 15 is 0 Å². The van der Waals surface area contributed by atoms with Gasteiger partial charge in [0.2, 0.25) is 0 Å². The van der Waals surface area contributed by atoms with Crippen molar-refractivity contribution in [3.63, 3.8) is 0 Å². The predicted molar refractivity (Wildman–Crippen MR) is 136 cm³/mol. The molecule has 7 N–H and O–H groups in total. The average molecular weight is 562 g/mol. The van der Waals surface area contributed by atoms with Gasteiger partial charge < -0.3 is 36.2 Å². The Morgan fingerprint density at radius 1 is 0.825 bits per heavy atom. The van der Waals surface area contributed by atoms with Crippen molar-refractivity contribution in [2.24, 2.45) is 0 Å². The summed E-state index contributed by atoms with van der Waals surface area (Å²) in [5.41, 5.74) is -5.82. The summed E-state index contributed by atoms with van der Waals surface area (Å²) in [5.74, 6) is -4.98. The van der Waals surface area contributed by atoms with E-state index in [0.29, 0.717) is 6.07 Å². The van der Waals surface area contributed by atoms with Gasteiger partial charge in [-0.05, 0) is 60.9 Å². The Hall–Kier alpha value is -4.78. The zero-order valence-electron chi connectivity index (χ0n) is 21.3. The number of carboxylic acids is 2. The number of anilines is 1. The van der Waals surface area contributed by atoms with Crippen molar-refractivity contribution in [1.29, 1.82) is 0 Å². The molecule has 0 saturated heterocycles. The molecule has 0 bridgehead atoms. The standard InChI is InChI=1S/C27H25F3N2O8/c1-12-8-13(4-6-20(12)33)26(2,27(28,29)30)14-5-7-21(34)19(9-14)32-23(36)16-10-15(22(35)31-3)17(24(37)38)11-18(16)25(39)40/h4-11,23,32-34,36H,1-3H3,(H,31,35)(H,37,38)(H,39,40). The highest BCUT2D eigenvalue weighted by Crippen LogP contribution is 2.48. The topological polar surface area (TPSA) is 176 Å². The van der Waals surface area contributed by atoms with E-state index in [0.717, 1.165) is 43.3 Å². The van der Waals surface area contributed by atoms with E-state index in [2.05, 4.69) is 10.6 Å². The van der Waals surface area contributed by atoms with Gasteiger partial charge in [-0.15, -0.1) is 0 Å². The number of phenols is 2. The van der Waals surface area contributed by atoms with Gasteiger partial charge >= 0.3 is 18.1 Å². The van der Waals surface area contributed by atoms with E-state index in [1.54, 1.807) is 0 Å². The first-order valence-electron chi connectivity index (χ1n) is 11.5. The number of nitrogens with one attached hydrogen (secondary N) is 2. The van der Waals surface area contributed by atoms with Gasteiger partial charge in [0, 0.05) is 12.6 Å². The number of carbonyl (C=O) groups is 3. The third kappa shape index (κ3) is 5.36. The summed E-state index contributed by atoms with van der Waals surface area (Å²) in [6.45, 7) is 2.33. The van der Waals surface area contributed by atoms with E-state index in [9.17, 15) is 53.1 Å². The molecule has 13 heteroatoms. The Labute approximate surface area is 225 Å². The second kappa shape index (κ2) is 10.8. The lowest BCUT2D eigenvalue weighted by atomic mass is 9.75. The number of aromatic carboxylic acids is 2. The molecule has 2 unspecified atom stereocenters. The Morgan fingerprint density at radius 2 is 1.38 bits per heavy atom. The number of halogens is 3. The Balaban J connectivity index is 2.16. The van der Waals surface area contributed by atoms with Crippen molar-refractivity contribution in [2.45, 2.75) is 31.7 Å². The average Bonchev–Trinajstić information content (AvgIpc) is 2.88. The lowest BCUT2D eigenvalue weighted by Gasteiger charge is -2.34. The first kappa shape index (κ1) is 29.8. The van der Waals surface area contributed by atoms with Gasteiger partial charge in [-0.3, -0.25) is 4.79 Å². The smallest absolute Gasteiger partial charge is 0.402 e. The van der Waals surface area contributed by atoms with Crippen molar-refractivity contribution in [1.82, 2.24) is 5.32 Å². The fourth-order valence-corrected chi connectivity index (χ4v) is 4.18. The van der Waals surface area contributed by atoms with Crippen LogP contribution in [0, 0.1) is 6.92 Å². The van der Waals surface area contributed by atoms with E-state index in [-0.39, 0.29) is 22.4 Å². The zero-order valence-corrected chi connectivity index (χ0v) is 21.3. The number of benzene rings is 3. The van der Waals surface area contributed by atoms with Gasteiger partial charge in [0.05, 0.1) is 22.4 Å². The summed E-state index contributed by atoms with van der Waals surface area (Å²) in [5, 5.41) is 54.6. The molecule has 0 spiro atoms. The molecule has 0 fully saturated rings. The number of carboxylic acid groups (broad SMARTS) is 2. The highest BCUT2D eigenvalue weighted by atomic mass is 19.4. The quantitative estimate of drug-likeness (QED) is 0.157. The number of hydrogen-bond donors (Lipinski definition) is 7. The number of hydrogen-bond acceptors (Lipinski definition) is 7. The molecule has 3 aromatic rings. The summed E-state index contributed by atoms with van der Waals surface area (Å²) < 4.78 is 43.6. The van der Waals surface area contributed by atoms with Crippen molar-refractivity contribution >= 4 is 23.5 Å². The third-order valence-electron chi connectivity index (χ3n) is 6.62. The Bertz CT molecular complexity index is 1510. The maximum absolute atomic E-state index is 14.5. The van der Waals surface area contributed by atoms with Crippen LogP contribution in [-0.4, -0.2) is 56.6 Å². The van der Waals surface area contributed by atoms with Crippen molar-refractivity contribution in [3.05, 3.63) is 87.5 Å². The van der Waals surface area contributed by atoms with E-state index in [4.69, 9.17) is 0 Å². The van der Waals surface area contributed by atoms with Crippen LogP contribution in [-0.2, 0) is 5.41 Å². The fourth-order valence-electron chi connectivity index (χ4n) is 4.18. The summed E-state index contributed by atoms with van der Waals surface area (Å²) in [6, 6.07) is 7.77. The van der Waals surface area contributed by atoms with Crippen LogP contribution < -0.4 is 10.6 Å². The van der Waals surface area contributed by atoms with Crippen LogP contribution in [0.5, 0.6) is 11.5 Å². The van der Waals surface area contributed by atoms with E-state index in [1.807, 2.05) is 0 Å². The molecule has 3 rings (SSSR count). The number of carbonyl (C=O) groups excluding carboxylic acids is 1. The number of aliphatic hydroxyl groups excluding tert-OH is 1. The minimum absolute atomic E-state index is 0.193. The molecule has 0 radical (unpaired) electrons. The van der Waals surface area contributed by atoms with Gasteiger partial charge in [0.1, 0.15) is 16.9 Å². The monoisotopic (exact) mass is 562 g/mol. The van der Waals surface area contributed by atoms with Crippen LogP contribution in [0.3, 0.4) is 0 Å². The van der Waals surface area contributed by atoms with Gasteiger partial charge in [0.25, 0.3) is 5.91 Å². The van der Waals surface area contributed by atoms with Crippen LogP contribution >= 0.6 is 0 Å². The lowest BCUT2D eigenvalue weighted by Crippen LogP contribution is -2.40. The number of amides is 1. The number of rotatable bonds is 8. The van der Waals surface area contributed by atoms with Gasteiger partial charge in [-0.1, -0.05) is 18.2 Å². The molecular formula is C27H25F3N2O8. The lowest BCUT2D eigenvalue weighted by molar-refractivity contribution is -0.173. The van der Waals surface area contributed by atoms with Crippen LogP contribution in [0.4, 0.5) is 18.9 Å². The first-order chi connectivity index (χ1) is 18.5. The molecular weight excluding hydrogens is 537 g/mol. The number of aliphatic hydroxyl groups is 1. The third-order valence-corrected chi connectivity index (χ3v) is 6.62. The van der Waals surface area contributed by atoms with Gasteiger partial charge in [-0.25, -0.2) is 9.59 Å². The Kier molecular flexibility index (Phi) is 8.01. The predicted octanol–water partition coefficient (Wildman–Crippen LogP) is 4.13. The highest BCUT2D eigenvalue weighted by molar-refractivity contribution is 6.07. The highest BCUT2D eigenvalue weighted by Gasteiger charge is 2.53. The minimum atomic E-state index is -4.87. The summed E-state index contributed by atoms with van der Waals surface area (Å²) in [6.07, 6.45) is -6.89. The maximum atomic E-state index is 14.5. The molecule has 40 heavy (non-hydrogen) atoms. The SMILES string of the molecule is CNC(=O)c1cc(C(O)Nc2cc(C(C)(c3ccc(O)c(C)c3)C(F)(F)F)ccc2O)c(C(=O)O)cc1C(=O)O. The zero-order chi connectivity index (χ0) is 30.2. The van der Waals surface area contributed by atoms with Gasteiger partial charge in [-0.2, -0.15) is 13.2 Å². The number of aromatic hydroxyl groups is 2. The summed E-state index contributed by atoms with van der Waals surface area (Å²) in [7, 11) is 1.20. The maximum Gasteiger partial charge on any atom is 0.402 e. The molecule has 0 aliphatic rings. The Morgan fingerprint density at radius 3 is 1.88 bits per heavy atom. The van der Waals surface area contributed by atoms with Crippen LogP contribution in [0.1, 0.15) is 66.5 Å². The molecule has 0 aliphatic heterocycles. The molecule has 212 valence electrons. The molecule has 1 amide bonds. The molecule has 2 atom stereocenters. The normalized spacial score (nSPS) is 13.7. The van der Waals surface area contributed by atoms with Crippen LogP contribution in [0.2, 0.25) is 0 Å². The number of alkyl halides is 3.